The molecule has 1 aromatic heterocycles. The minimum absolute atomic E-state index is 0.0799. The summed E-state index contributed by atoms with van der Waals surface area (Å²) in [6.07, 6.45) is 7.43. The third-order valence-corrected chi connectivity index (χ3v) is 5.20. The average molecular weight is 406 g/mol. The lowest BCUT2D eigenvalue weighted by molar-refractivity contribution is -0.305. The zero-order valence-electron chi connectivity index (χ0n) is 16.0. The summed E-state index contributed by atoms with van der Waals surface area (Å²) >= 11 is 1.53. The summed E-state index contributed by atoms with van der Waals surface area (Å²) in [7, 11) is 0. The monoisotopic (exact) mass is 406 g/mol. The Kier molecular flexibility index (Phi) is 6.88. The van der Waals surface area contributed by atoms with Gasteiger partial charge in [-0.1, -0.05) is 24.1 Å². The van der Waals surface area contributed by atoms with Crippen LogP contribution in [0.3, 0.4) is 0 Å². The molecule has 2 aromatic carbocycles. The van der Waals surface area contributed by atoms with E-state index in [2.05, 4.69) is 10.9 Å². The third kappa shape index (κ3) is 5.37. The molecule has 0 saturated carbocycles. The van der Waals surface area contributed by atoms with E-state index in [9.17, 15) is 9.90 Å². The molecule has 0 aliphatic rings. The number of carbonyl (C=O) groups excluding carboxylic acids is 1. The predicted octanol–water partition coefficient (Wildman–Crippen LogP) is 3.78. The number of thiazole rings is 1. The first kappa shape index (κ1) is 20.4. The van der Waals surface area contributed by atoms with Gasteiger partial charge in [-0.3, -0.25) is 0 Å². The molecular weight excluding hydrogens is 386 g/mol. The van der Waals surface area contributed by atoms with Crippen LogP contribution in [0.2, 0.25) is 0 Å². The molecule has 0 amide bonds. The second kappa shape index (κ2) is 9.76. The summed E-state index contributed by atoms with van der Waals surface area (Å²) in [5.74, 6) is 2.49. The fraction of sp³-hybridized carbons (Fsp3) is 0.217. The number of aromatic nitrogens is 1. The molecule has 0 saturated heterocycles. The van der Waals surface area contributed by atoms with Gasteiger partial charge in [-0.05, 0) is 61.2 Å². The normalized spacial score (nSPS) is 11.2. The van der Waals surface area contributed by atoms with Gasteiger partial charge in [-0.15, -0.1) is 17.8 Å². The van der Waals surface area contributed by atoms with Crippen LogP contribution < -0.4 is 14.6 Å². The van der Waals surface area contributed by atoms with Gasteiger partial charge in [0.2, 0.25) is 0 Å². The van der Waals surface area contributed by atoms with Crippen LogP contribution in [0.4, 0.5) is 0 Å². The van der Waals surface area contributed by atoms with Crippen LogP contribution in [0.25, 0.3) is 21.9 Å². The molecule has 0 fully saturated rings. The van der Waals surface area contributed by atoms with Crippen molar-refractivity contribution in [1.29, 1.82) is 0 Å². The molecule has 5 nitrogen and oxygen atoms in total. The number of fused-ring (bicyclic) bond motifs is 1. The lowest BCUT2D eigenvalue weighted by Gasteiger charge is -2.12. The standard InChI is InChI=1S/C23H21NO4S/c1-3-13-28-19-11-9-16(15-20(19)27-4-2)14-17(10-12-22(25)26)23-24-18-7-5-6-8-21(18)29-23/h1,5-9,11,14-15H,4,10,12-13H2,2H3,(H,25,26)/p-1/b17-14+. The van der Waals surface area contributed by atoms with Gasteiger partial charge in [0, 0.05) is 5.97 Å². The maximum absolute atomic E-state index is 11.0. The fourth-order valence-corrected chi connectivity index (χ4v) is 3.82. The number of allylic oxidation sites excluding steroid dienone is 1. The van der Waals surface area contributed by atoms with Crippen molar-refractivity contribution in [3.63, 3.8) is 0 Å². The second-order valence-corrected chi connectivity index (χ2v) is 7.19. The van der Waals surface area contributed by atoms with E-state index in [1.165, 1.54) is 11.3 Å². The predicted molar refractivity (Wildman–Crippen MR) is 114 cm³/mol. The Morgan fingerprint density at radius 3 is 2.76 bits per heavy atom. The topological polar surface area (TPSA) is 71.5 Å². The van der Waals surface area contributed by atoms with E-state index in [-0.39, 0.29) is 13.0 Å². The Hall–Kier alpha value is -3.30. The molecule has 29 heavy (non-hydrogen) atoms. The van der Waals surface area contributed by atoms with Gasteiger partial charge in [0.15, 0.2) is 11.5 Å². The van der Waals surface area contributed by atoms with Crippen LogP contribution in [-0.2, 0) is 4.79 Å². The summed E-state index contributed by atoms with van der Waals surface area (Å²) in [5, 5.41) is 11.8. The van der Waals surface area contributed by atoms with Crippen molar-refractivity contribution < 1.29 is 19.4 Å². The summed E-state index contributed by atoms with van der Waals surface area (Å²) in [6, 6.07) is 13.3. The minimum Gasteiger partial charge on any atom is -0.550 e. The zero-order chi connectivity index (χ0) is 20.6. The third-order valence-electron chi connectivity index (χ3n) is 4.09. The average Bonchev–Trinajstić information content (AvgIpc) is 3.14. The number of hydrogen-bond acceptors (Lipinski definition) is 6. The highest BCUT2D eigenvalue weighted by molar-refractivity contribution is 7.19. The molecule has 0 radical (unpaired) electrons. The van der Waals surface area contributed by atoms with Crippen molar-refractivity contribution >= 4 is 39.2 Å². The minimum atomic E-state index is -1.09. The van der Waals surface area contributed by atoms with E-state index in [4.69, 9.17) is 15.9 Å². The number of para-hydroxylation sites is 1. The molecule has 3 rings (SSSR count). The lowest BCUT2D eigenvalue weighted by Crippen LogP contribution is -2.21. The Morgan fingerprint density at radius 2 is 2.03 bits per heavy atom. The van der Waals surface area contributed by atoms with Crippen molar-refractivity contribution in [2.24, 2.45) is 0 Å². The summed E-state index contributed by atoms with van der Waals surface area (Å²) < 4.78 is 12.2. The number of benzene rings is 2. The molecule has 3 aromatic rings. The number of carboxylic acid groups (broad SMARTS) is 1. The molecule has 0 atom stereocenters. The largest absolute Gasteiger partial charge is 0.550 e. The number of aliphatic carboxylic acids is 1. The highest BCUT2D eigenvalue weighted by Crippen LogP contribution is 2.33. The van der Waals surface area contributed by atoms with Crippen LogP contribution in [0.15, 0.2) is 42.5 Å². The molecule has 148 valence electrons. The summed E-state index contributed by atoms with van der Waals surface area (Å²) in [6.45, 7) is 2.52. The Bertz CT molecular complexity index is 1040. The van der Waals surface area contributed by atoms with Gasteiger partial charge < -0.3 is 19.4 Å². The highest BCUT2D eigenvalue weighted by Gasteiger charge is 2.11. The van der Waals surface area contributed by atoms with Crippen LogP contribution in [0.5, 0.6) is 11.5 Å². The van der Waals surface area contributed by atoms with Crippen molar-refractivity contribution in [3.05, 3.63) is 53.0 Å². The number of rotatable bonds is 9. The molecule has 0 N–H and O–H groups in total. The van der Waals surface area contributed by atoms with Gasteiger partial charge >= 0.3 is 0 Å². The fourth-order valence-electron chi connectivity index (χ4n) is 2.81. The van der Waals surface area contributed by atoms with Crippen molar-refractivity contribution in [3.8, 4) is 23.8 Å². The van der Waals surface area contributed by atoms with Crippen LogP contribution >= 0.6 is 11.3 Å². The molecule has 6 heteroatoms. The first-order valence-corrected chi connectivity index (χ1v) is 10.0. The van der Waals surface area contributed by atoms with E-state index in [0.29, 0.717) is 24.5 Å². The highest BCUT2D eigenvalue weighted by atomic mass is 32.1. The molecule has 0 spiro atoms. The van der Waals surface area contributed by atoms with Gasteiger partial charge in [-0.2, -0.15) is 0 Å². The molecule has 0 aliphatic heterocycles. The zero-order valence-corrected chi connectivity index (χ0v) is 16.8. The Labute approximate surface area is 173 Å². The summed E-state index contributed by atoms with van der Waals surface area (Å²) in [5.41, 5.74) is 2.57. The quantitative estimate of drug-likeness (QED) is 0.506. The number of carbonyl (C=O) groups is 1. The van der Waals surface area contributed by atoms with Crippen molar-refractivity contribution in [1.82, 2.24) is 4.98 Å². The number of ether oxygens (including phenoxy) is 2. The van der Waals surface area contributed by atoms with E-state index >= 15 is 0 Å². The van der Waals surface area contributed by atoms with Gasteiger partial charge in [0.05, 0.1) is 16.8 Å². The number of terminal acetylenes is 1. The molecule has 0 bridgehead atoms. The van der Waals surface area contributed by atoms with Gasteiger partial charge in [-0.25, -0.2) is 4.98 Å². The Morgan fingerprint density at radius 1 is 1.21 bits per heavy atom. The number of nitrogens with zero attached hydrogens (tertiary/aromatic N) is 1. The SMILES string of the molecule is C#CCOc1ccc(/C=C(\CCC(=O)[O-])c2nc3ccccc3s2)cc1OCC. The first-order chi connectivity index (χ1) is 14.1. The maximum Gasteiger partial charge on any atom is 0.162 e. The maximum atomic E-state index is 11.0. The van der Waals surface area contributed by atoms with Crippen LogP contribution in [0, 0.1) is 12.3 Å². The van der Waals surface area contributed by atoms with E-state index in [0.717, 1.165) is 26.4 Å². The van der Waals surface area contributed by atoms with Gasteiger partial charge in [0.25, 0.3) is 0 Å². The van der Waals surface area contributed by atoms with E-state index < -0.39 is 5.97 Å². The second-order valence-electron chi connectivity index (χ2n) is 6.16. The van der Waals surface area contributed by atoms with Crippen LogP contribution in [0.1, 0.15) is 30.3 Å². The van der Waals surface area contributed by atoms with Crippen molar-refractivity contribution in [2.45, 2.75) is 19.8 Å². The number of carboxylic acids is 1. The van der Waals surface area contributed by atoms with E-state index in [1.54, 1.807) is 6.07 Å². The molecular formula is C23H20NO4S-. The molecule has 0 unspecified atom stereocenters. The lowest BCUT2D eigenvalue weighted by atomic mass is 10.1. The van der Waals surface area contributed by atoms with Gasteiger partial charge in [0.1, 0.15) is 11.6 Å². The van der Waals surface area contributed by atoms with Crippen molar-refractivity contribution in [2.75, 3.05) is 13.2 Å². The van der Waals surface area contributed by atoms with E-state index in [1.807, 2.05) is 49.4 Å². The number of hydrogen-bond donors (Lipinski definition) is 0. The Balaban J connectivity index is 1.99. The van der Waals surface area contributed by atoms with Crippen LogP contribution in [-0.4, -0.2) is 24.2 Å². The molecule has 0 aliphatic carbocycles. The smallest absolute Gasteiger partial charge is 0.162 e. The first-order valence-electron chi connectivity index (χ1n) is 9.20. The molecule has 1 heterocycles. The summed E-state index contributed by atoms with van der Waals surface area (Å²) in [4.78, 5) is 15.7.